The molecular weight excluding hydrogens is 989 g/mol. The largest absolute Gasteiger partial charge is 0.465 e. The fraction of sp³-hybridized carbons (Fsp3) is 0.883. The molecule has 2 aliphatic heterocycles. The highest BCUT2D eigenvalue weighted by molar-refractivity contribution is 5.73. The van der Waals surface area contributed by atoms with Crippen molar-refractivity contribution in [2.75, 3.05) is 65.8 Å². The Morgan fingerprint density at radius 1 is 0.455 bits per heavy atom. The van der Waals surface area contributed by atoms with Gasteiger partial charge in [0.15, 0.2) is 0 Å². The van der Waals surface area contributed by atoms with E-state index in [9.17, 15) is 38.7 Å². The van der Waals surface area contributed by atoms with Crippen LogP contribution < -0.4 is 0 Å². The van der Waals surface area contributed by atoms with Crippen LogP contribution in [0.15, 0.2) is 0 Å². The Morgan fingerprint density at radius 3 is 1.23 bits per heavy atom. The zero-order valence-electron chi connectivity index (χ0n) is 48.6. The molecule has 0 unspecified atom stereocenters. The molecule has 17 nitrogen and oxygen atoms in total. The van der Waals surface area contributed by atoms with Gasteiger partial charge in [0.1, 0.15) is 12.7 Å². The molecule has 0 aromatic heterocycles. The number of unbranched alkanes of at least 4 members (excludes halogenated alkanes) is 20. The Balaban J connectivity index is 2.13. The van der Waals surface area contributed by atoms with E-state index in [1.165, 1.54) is 4.90 Å². The molecule has 1 N–H and O–H groups in total. The number of carbonyl (C=O) groups is 7. The van der Waals surface area contributed by atoms with Gasteiger partial charge in [-0.1, -0.05) is 156 Å². The molecule has 2 atom stereocenters. The van der Waals surface area contributed by atoms with Crippen LogP contribution in [0.2, 0.25) is 0 Å². The van der Waals surface area contributed by atoms with Crippen LogP contribution in [0.4, 0.5) is 4.79 Å². The highest BCUT2D eigenvalue weighted by Gasteiger charge is 2.39. The molecule has 2 aliphatic rings. The van der Waals surface area contributed by atoms with Crippen LogP contribution in [0, 0.1) is 11.8 Å². The third-order valence-electron chi connectivity index (χ3n) is 14.5. The smallest absolute Gasteiger partial charge is 0.410 e. The van der Waals surface area contributed by atoms with Crippen LogP contribution in [-0.4, -0.2) is 141 Å². The molecule has 0 bridgehead atoms. The number of nitrogens with zero attached hydrogens (tertiary/aromatic N) is 2. The Hall–Kier alpha value is -3.99. The monoisotopic (exact) mass is 1090 g/mol. The first-order valence-electron chi connectivity index (χ1n) is 30.7. The number of carbonyl (C=O) groups excluding carboxylic acids is 7. The highest BCUT2D eigenvalue weighted by atomic mass is 16.6. The molecule has 0 aliphatic carbocycles. The quantitative estimate of drug-likeness (QED) is 0.0341. The lowest BCUT2D eigenvalue weighted by Gasteiger charge is -2.29. The summed E-state index contributed by atoms with van der Waals surface area (Å²) in [6.07, 6.45) is 25.2. The second-order valence-electron chi connectivity index (χ2n) is 21.8. The van der Waals surface area contributed by atoms with Crippen molar-refractivity contribution in [1.29, 1.82) is 0 Å². The normalized spacial score (nSPS) is 15.9. The molecule has 2 heterocycles. The Bertz CT molecular complexity index is 1530. The van der Waals surface area contributed by atoms with Crippen LogP contribution in [0.5, 0.6) is 0 Å². The number of hydrogen-bond donors (Lipinski definition) is 1. The molecular formula is C60H106N2O15. The molecule has 1 amide bonds. The molecule has 446 valence electrons. The number of ether oxygens (including phenoxy) is 7. The fourth-order valence-corrected chi connectivity index (χ4v) is 9.63. The van der Waals surface area contributed by atoms with Crippen molar-refractivity contribution in [3.05, 3.63) is 0 Å². The van der Waals surface area contributed by atoms with Gasteiger partial charge < -0.3 is 43.2 Å². The maximum Gasteiger partial charge on any atom is 0.410 e. The maximum absolute atomic E-state index is 13.7. The molecule has 17 heteroatoms. The van der Waals surface area contributed by atoms with E-state index in [1.807, 2.05) is 0 Å². The maximum atomic E-state index is 13.7. The summed E-state index contributed by atoms with van der Waals surface area (Å²) in [7, 11) is 0. The number of esters is 6. The van der Waals surface area contributed by atoms with E-state index in [4.69, 9.17) is 33.2 Å². The first-order chi connectivity index (χ1) is 37.4. The minimum absolute atomic E-state index is 0.0340. The van der Waals surface area contributed by atoms with Gasteiger partial charge in [0.25, 0.3) is 0 Å². The number of piperidine rings is 1. The number of rotatable bonds is 47. The summed E-state index contributed by atoms with van der Waals surface area (Å²) in [6.45, 7) is 10.1. The van der Waals surface area contributed by atoms with E-state index >= 15 is 0 Å². The second kappa shape index (κ2) is 45.8. The number of aliphatic hydroxyl groups is 1. The predicted molar refractivity (Wildman–Crippen MR) is 296 cm³/mol. The third kappa shape index (κ3) is 36.7. The van der Waals surface area contributed by atoms with E-state index in [1.54, 1.807) is 0 Å². The molecule has 0 aromatic rings. The van der Waals surface area contributed by atoms with Crippen molar-refractivity contribution in [2.24, 2.45) is 11.8 Å². The first kappa shape index (κ1) is 69.1. The van der Waals surface area contributed by atoms with Gasteiger partial charge in [-0.05, 0) is 44.9 Å². The van der Waals surface area contributed by atoms with Crippen molar-refractivity contribution in [3.8, 4) is 0 Å². The first-order valence-corrected chi connectivity index (χ1v) is 30.7. The van der Waals surface area contributed by atoms with Crippen molar-refractivity contribution in [3.63, 3.8) is 0 Å². The van der Waals surface area contributed by atoms with Crippen LogP contribution in [0.1, 0.15) is 246 Å². The van der Waals surface area contributed by atoms with Crippen molar-refractivity contribution < 1.29 is 71.8 Å². The molecule has 0 aromatic carbocycles. The van der Waals surface area contributed by atoms with E-state index in [0.29, 0.717) is 51.5 Å². The molecule has 2 rings (SSSR count). The summed E-state index contributed by atoms with van der Waals surface area (Å²) >= 11 is 0. The van der Waals surface area contributed by atoms with Crippen molar-refractivity contribution in [2.45, 2.75) is 264 Å². The molecule has 0 radical (unpaired) electrons. The molecule has 0 spiro atoms. The Labute approximate surface area is 463 Å². The van der Waals surface area contributed by atoms with Gasteiger partial charge in [-0.15, -0.1) is 0 Å². The van der Waals surface area contributed by atoms with E-state index in [-0.39, 0.29) is 121 Å². The minimum Gasteiger partial charge on any atom is -0.465 e. The summed E-state index contributed by atoms with van der Waals surface area (Å²) in [5, 5.41) is 9.90. The van der Waals surface area contributed by atoms with Crippen LogP contribution in [-0.2, 0) is 61.9 Å². The van der Waals surface area contributed by atoms with Gasteiger partial charge in [-0.3, -0.25) is 33.7 Å². The summed E-state index contributed by atoms with van der Waals surface area (Å²) in [6, 6.07) is -0.724. The van der Waals surface area contributed by atoms with Crippen LogP contribution in [0.25, 0.3) is 0 Å². The highest BCUT2D eigenvalue weighted by Crippen LogP contribution is 2.25. The van der Waals surface area contributed by atoms with Crippen molar-refractivity contribution >= 4 is 41.9 Å². The molecule has 0 saturated carbocycles. The number of hydrogen-bond acceptors (Lipinski definition) is 16. The third-order valence-corrected chi connectivity index (χ3v) is 14.5. The molecule has 2 saturated heterocycles. The predicted octanol–water partition coefficient (Wildman–Crippen LogP) is 11.7. The van der Waals surface area contributed by atoms with Gasteiger partial charge >= 0.3 is 41.9 Å². The number of amides is 1. The Kier molecular flexibility index (Phi) is 41.1. The lowest BCUT2D eigenvalue weighted by Crippen LogP contribution is -2.40. The van der Waals surface area contributed by atoms with E-state index < -0.39 is 42.0 Å². The van der Waals surface area contributed by atoms with Gasteiger partial charge in [0, 0.05) is 63.6 Å². The molecule has 77 heavy (non-hydrogen) atoms. The Morgan fingerprint density at radius 2 is 0.831 bits per heavy atom. The molecule has 2 fully saturated rings. The summed E-state index contributed by atoms with van der Waals surface area (Å²) < 4.78 is 39.8. The zero-order chi connectivity index (χ0) is 56.1. The minimum atomic E-state index is -0.797. The van der Waals surface area contributed by atoms with E-state index in [2.05, 4.69) is 32.6 Å². The topological polar surface area (TPSA) is 211 Å². The lowest BCUT2D eigenvalue weighted by atomic mass is 10.1. The fourth-order valence-electron chi connectivity index (χ4n) is 9.63. The average Bonchev–Trinajstić information content (AvgIpc) is 3.82. The number of aliphatic hydroxyl groups excluding tert-OH is 1. The SMILES string of the molecule is CCCCCCCCC(=O)OCC(COC(=O)CCCCCCCC)CC(=O)OC[C@H]1C[C@@H](OC(=O)CC(COC(=O)CCCCCCCC)COC(=O)CCCCCCCC)CN1C(=O)OCCCN1CCC(O)CC1. The van der Waals surface area contributed by atoms with Crippen molar-refractivity contribution in [1.82, 2.24) is 9.80 Å². The summed E-state index contributed by atoms with van der Waals surface area (Å²) in [4.78, 5) is 95.6. The summed E-state index contributed by atoms with van der Waals surface area (Å²) in [5.41, 5.74) is 0. The number of likely N-dealkylation sites (tertiary alicyclic amines) is 2. The lowest BCUT2D eigenvalue weighted by molar-refractivity contribution is -0.157. The zero-order valence-corrected chi connectivity index (χ0v) is 48.6. The second-order valence-corrected chi connectivity index (χ2v) is 21.8. The van der Waals surface area contributed by atoms with Gasteiger partial charge in [-0.2, -0.15) is 0 Å². The van der Waals surface area contributed by atoms with E-state index in [0.717, 1.165) is 142 Å². The standard InChI is InChI=1S/C60H106N2O15/c1-5-9-13-17-21-25-30-54(64)72-44-49(45-73-55(65)31-26-22-18-14-10-6-2)40-58(68)76-48-51-42-53(43-62(51)60(70)71-39-29-36-61-37-34-52(63)35-38-61)77-59(69)41-50(46-74-56(66)32-27-23-19-15-11-7-3)47-75-57(67)33-28-24-20-16-12-8-4/h49-53,63H,5-48H2,1-4H3/t51-,53-/m1/s1. The average molecular weight is 1100 g/mol. The van der Waals surface area contributed by atoms with Crippen LogP contribution >= 0.6 is 0 Å². The van der Waals surface area contributed by atoms with Gasteiger partial charge in [0.2, 0.25) is 0 Å². The van der Waals surface area contributed by atoms with Gasteiger partial charge in [0.05, 0.1) is 64.6 Å². The van der Waals surface area contributed by atoms with Crippen LogP contribution in [0.3, 0.4) is 0 Å². The summed E-state index contributed by atoms with van der Waals surface area (Å²) in [5.74, 6) is -4.12. The van der Waals surface area contributed by atoms with Gasteiger partial charge in [-0.25, -0.2) is 4.79 Å².